The number of methoxy groups -OCH3 is 2. The third-order valence-electron chi connectivity index (χ3n) is 5.67. The number of para-hydroxylation sites is 2. The Morgan fingerprint density at radius 1 is 1.06 bits per heavy atom. The number of rotatable bonds is 8. The Hall–Kier alpha value is -4.01. The van der Waals surface area contributed by atoms with E-state index in [0.717, 1.165) is 16.6 Å². The maximum Gasteiger partial charge on any atom is 0.329 e. The van der Waals surface area contributed by atoms with Crippen LogP contribution in [0.4, 0.5) is 0 Å². The smallest absolute Gasteiger partial charge is 0.329 e. The van der Waals surface area contributed by atoms with E-state index in [-0.39, 0.29) is 18.1 Å². The number of nitrogens with one attached hydrogen (secondary N) is 1. The van der Waals surface area contributed by atoms with Crippen molar-refractivity contribution in [3.63, 3.8) is 0 Å². The third-order valence-corrected chi connectivity index (χ3v) is 5.67. The number of carbonyl (C=O) groups is 1. The number of benzene rings is 2. The summed E-state index contributed by atoms with van der Waals surface area (Å²) in [7, 11) is 5.00. The van der Waals surface area contributed by atoms with Gasteiger partial charge in [0.05, 0.1) is 25.3 Å². The van der Waals surface area contributed by atoms with Crippen LogP contribution in [0.25, 0.3) is 11.0 Å². The Bertz CT molecular complexity index is 1330. The van der Waals surface area contributed by atoms with Crippen LogP contribution in [0.3, 0.4) is 0 Å². The Morgan fingerprint density at radius 3 is 2.24 bits per heavy atom. The fourth-order valence-corrected chi connectivity index (χ4v) is 4.03. The average molecular weight is 450 g/mol. The molecule has 4 aromatic rings. The molecule has 0 spiro atoms. The second-order valence-corrected chi connectivity index (χ2v) is 7.64. The van der Waals surface area contributed by atoms with E-state index in [1.165, 1.54) is 4.57 Å². The highest BCUT2D eigenvalue weighted by Gasteiger charge is 2.23. The summed E-state index contributed by atoms with van der Waals surface area (Å²) in [5.74, 6) is 1.52. The molecule has 0 fully saturated rings. The number of nitrogens with zero attached hydrogens (tertiary/aromatic N) is 4. The van der Waals surface area contributed by atoms with Crippen molar-refractivity contribution in [2.45, 2.75) is 26.1 Å². The number of ether oxygens (including phenoxy) is 2. The van der Waals surface area contributed by atoms with Crippen molar-refractivity contribution in [3.8, 4) is 11.5 Å². The Morgan fingerprint density at radius 2 is 1.70 bits per heavy atom. The normalized spacial score (nSPS) is 12.0. The van der Waals surface area contributed by atoms with Crippen molar-refractivity contribution in [2.24, 2.45) is 7.05 Å². The van der Waals surface area contributed by atoms with Crippen molar-refractivity contribution in [3.05, 3.63) is 76.7 Å². The molecule has 0 bridgehead atoms. The van der Waals surface area contributed by atoms with Gasteiger partial charge in [-0.1, -0.05) is 12.1 Å². The highest BCUT2D eigenvalue weighted by atomic mass is 16.5. The van der Waals surface area contributed by atoms with E-state index >= 15 is 0 Å². The first-order chi connectivity index (χ1) is 16.0. The number of aromatic nitrogens is 4. The zero-order valence-corrected chi connectivity index (χ0v) is 19.1. The fourth-order valence-electron chi connectivity index (χ4n) is 4.03. The number of carbonyl (C=O) groups excluding carboxylic acids is 1. The van der Waals surface area contributed by atoms with Crippen molar-refractivity contribution in [1.29, 1.82) is 0 Å². The molecule has 2 aromatic heterocycles. The summed E-state index contributed by atoms with van der Waals surface area (Å²) >= 11 is 0. The van der Waals surface area contributed by atoms with Gasteiger partial charge in [0.2, 0.25) is 5.91 Å². The lowest BCUT2D eigenvalue weighted by molar-refractivity contribution is -0.122. The highest BCUT2D eigenvalue weighted by Crippen LogP contribution is 2.29. The van der Waals surface area contributed by atoms with Gasteiger partial charge in [-0.2, -0.15) is 0 Å². The molecule has 0 radical (unpaired) electrons. The van der Waals surface area contributed by atoms with E-state index in [4.69, 9.17) is 9.47 Å². The first-order valence-electron chi connectivity index (χ1n) is 10.6. The topological polar surface area (TPSA) is 92.3 Å². The average Bonchev–Trinajstić information content (AvgIpc) is 3.37. The van der Waals surface area contributed by atoms with E-state index in [1.54, 1.807) is 31.0 Å². The molecule has 0 aliphatic rings. The predicted octanol–water partition coefficient (Wildman–Crippen LogP) is 2.48. The zero-order chi connectivity index (χ0) is 23.5. The number of amides is 1. The summed E-state index contributed by atoms with van der Waals surface area (Å²) in [6.07, 6.45) is 3.48. The molecule has 2 heterocycles. The van der Waals surface area contributed by atoms with Crippen molar-refractivity contribution < 1.29 is 14.3 Å². The minimum Gasteiger partial charge on any atom is -0.497 e. The van der Waals surface area contributed by atoms with E-state index < -0.39 is 6.04 Å². The lowest BCUT2D eigenvalue weighted by atomic mass is 10.0. The van der Waals surface area contributed by atoms with Gasteiger partial charge < -0.3 is 19.4 Å². The van der Waals surface area contributed by atoms with Crippen LogP contribution < -0.4 is 20.5 Å². The summed E-state index contributed by atoms with van der Waals surface area (Å²) in [5, 5.41) is 3.04. The molecule has 0 saturated heterocycles. The second-order valence-electron chi connectivity index (χ2n) is 7.64. The van der Waals surface area contributed by atoms with E-state index in [9.17, 15) is 9.59 Å². The van der Waals surface area contributed by atoms with Gasteiger partial charge in [-0.3, -0.25) is 13.9 Å². The molecule has 0 aliphatic heterocycles. The van der Waals surface area contributed by atoms with Crippen LogP contribution in [0.2, 0.25) is 0 Å². The predicted molar refractivity (Wildman–Crippen MR) is 125 cm³/mol. The van der Waals surface area contributed by atoms with Crippen LogP contribution in [0.15, 0.2) is 59.7 Å². The fraction of sp³-hybridized carbons (Fsp3) is 0.292. The van der Waals surface area contributed by atoms with Gasteiger partial charge >= 0.3 is 5.69 Å². The largest absolute Gasteiger partial charge is 0.497 e. The number of fused-ring (bicyclic) bond motifs is 1. The standard InChI is InChI=1S/C24H27N5O4/c1-5-28-19-8-6-7-9-20(19)29(24(28)31)15-21(30)26-22(23-25-10-11-27(23)2)16-12-17(32-3)14-18(13-16)33-4/h6-14,22H,5,15H2,1-4H3,(H,26,30)/t22-/m0/s1. The molecule has 9 heteroatoms. The molecule has 0 unspecified atom stereocenters. The van der Waals surface area contributed by atoms with Gasteiger partial charge in [0.15, 0.2) is 0 Å². The third kappa shape index (κ3) is 4.21. The monoisotopic (exact) mass is 449 g/mol. The number of hydrogen-bond donors (Lipinski definition) is 1. The maximum absolute atomic E-state index is 13.2. The van der Waals surface area contributed by atoms with Crippen LogP contribution in [0.1, 0.15) is 24.4 Å². The van der Waals surface area contributed by atoms with Gasteiger partial charge in [-0.15, -0.1) is 0 Å². The summed E-state index contributed by atoms with van der Waals surface area (Å²) in [5.41, 5.74) is 2.05. The number of imidazole rings is 2. The molecule has 1 amide bonds. The lowest BCUT2D eigenvalue weighted by Crippen LogP contribution is -2.36. The Kier molecular flexibility index (Phi) is 6.21. The highest BCUT2D eigenvalue weighted by molar-refractivity contribution is 5.81. The van der Waals surface area contributed by atoms with Crippen LogP contribution in [0, 0.1) is 0 Å². The summed E-state index contributed by atoms with van der Waals surface area (Å²) < 4.78 is 15.8. The molecule has 0 saturated carbocycles. The van der Waals surface area contributed by atoms with Crippen LogP contribution in [-0.4, -0.2) is 38.8 Å². The summed E-state index contributed by atoms with van der Waals surface area (Å²) in [6.45, 7) is 2.31. The zero-order valence-electron chi connectivity index (χ0n) is 19.1. The molecule has 1 N–H and O–H groups in total. The van der Waals surface area contributed by atoms with Gasteiger partial charge in [0.1, 0.15) is 29.9 Å². The summed E-state index contributed by atoms with van der Waals surface area (Å²) in [4.78, 5) is 30.6. The van der Waals surface area contributed by atoms with Crippen LogP contribution in [-0.2, 0) is 24.9 Å². The molecular weight excluding hydrogens is 422 g/mol. The van der Waals surface area contributed by atoms with E-state index in [0.29, 0.717) is 23.9 Å². The molecule has 1 atom stereocenters. The second kappa shape index (κ2) is 9.23. The molecule has 9 nitrogen and oxygen atoms in total. The number of hydrogen-bond acceptors (Lipinski definition) is 5. The van der Waals surface area contributed by atoms with Crippen molar-refractivity contribution >= 4 is 16.9 Å². The minimum atomic E-state index is -0.572. The number of aryl methyl sites for hydroxylation is 2. The first kappa shape index (κ1) is 22.2. The van der Waals surface area contributed by atoms with Crippen molar-refractivity contribution in [2.75, 3.05) is 14.2 Å². The molecule has 4 rings (SSSR count). The molecule has 2 aromatic carbocycles. The van der Waals surface area contributed by atoms with Crippen LogP contribution in [0.5, 0.6) is 11.5 Å². The molecule has 0 aliphatic carbocycles. The Labute approximate surface area is 191 Å². The van der Waals surface area contributed by atoms with Crippen molar-refractivity contribution in [1.82, 2.24) is 24.0 Å². The quantitative estimate of drug-likeness (QED) is 0.446. The van der Waals surface area contributed by atoms with E-state index in [2.05, 4.69) is 10.3 Å². The molecule has 172 valence electrons. The lowest BCUT2D eigenvalue weighted by Gasteiger charge is -2.20. The van der Waals surface area contributed by atoms with Crippen LogP contribution >= 0.6 is 0 Å². The SMILES string of the molecule is CCn1c(=O)n(CC(=O)N[C@@H](c2cc(OC)cc(OC)c2)c2nccn2C)c2ccccc21. The minimum absolute atomic E-state index is 0.117. The van der Waals surface area contributed by atoms with E-state index in [1.807, 2.05) is 61.1 Å². The Balaban J connectivity index is 1.71. The van der Waals surface area contributed by atoms with Gasteiger partial charge in [0, 0.05) is 32.1 Å². The molecule has 33 heavy (non-hydrogen) atoms. The first-order valence-corrected chi connectivity index (χ1v) is 10.6. The van der Waals surface area contributed by atoms with Gasteiger partial charge in [-0.05, 0) is 36.8 Å². The van der Waals surface area contributed by atoms with Gasteiger partial charge in [0.25, 0.3) is 0 Å². The summed E-state index contributed by atoms with van der Waals surface area (Å²) in [6, 6.07) is 12.3. The maximum atomic E-state index is 13.2. The molecular formula is C24H27N5O4. The van der Waals surface area contributed by atoms with Gasteiger partial charge in [-0.25, -0.2) is 9.78 Å².